The Morgan fingerprint density at radius 2 is 1.25 bits per heavy atom. The number of allylic oxidation sites excluding steroid dienone is 2. The molecule has 0 heterocycles. The Morgan fingerprint density at radius 1 is 0.719 bits per heavy atom. The lowest BCUT2D eigenvalue weighted by Gasteiger charge is -2.12. The van der Waals surface area contributed by atoms with E-state index in [0.717, 1.165) is 24.0 Å². The molecule has 0 aromatic heterocycles. The Bertz CT molecular complexity index is 1290. The molecule has 1 aliphatic rings. The molecule has 3 aromatic carbocycles. The molecule has 0 unspecified atom stereocenters. The van der Waals surface area contributed by atoms with Crippen LogP contribution in [0.1, 0.15) is 24.8 Å². The number of nitrogens with two attached hydrogens (primary N) is 1. The van der Waals surface area contributed by atoms with E-state index in [9.17, 15) is 21.2 Å². The van der Waals surface area contributed by atoms with Crippen molar-refractivity contribution in [1.29, 1.82) is 0 Å². The molecule has 0 saturated heterocycles. The highest BCUT2D eigenvalue weighted by Crippen LogP contribution is 2.33. The van der Waals surface area contributed by atoms with Crippen LogP contribution in [0.15, 0.2) is 100 Å². The van der Waals surface area contributed by atoms with Crippen molar-refractivity contribution in [2.45, 2.75) is 29.1 Å². The number of halogens is 1. The molecular formula is C23H23FN2O4S2. The van der Waals surface area contributed by atoms with Gasteiger partial charge >= 0.3 is 0 Å². The number of primary sulfonamides is 1. The van der Waals surface area contributed by atoms with E-state index in [2.05, 4.69) is 4.72 Å². The zero-order valence-electron chi connectivity index (χ0n) is 17.1. The molecule has 0 amide bonds. The van der Waals surface area contributed by atoms with Gasteiger partial charge in [-0.25, -0.2) is 26.4 Å². The molecule has 32 heavy (non-hydrogen) atoms. The summed E-state index contributed by atoms with van der Waals surface area (Å²) >= 11 is 0. The monoisotopic (exact) mass is 474 g/mol. The minimum absolute atomic E-state index is 0.148. The first-order valence-electron chi connectivity index (χ1n) is 9.80. The third-order valence-corrected chi connectivity index (χ3v) is 7.13. The van der Waals surface area contributed by atoms with Crippen molar-refractivity contribution in [2.75, 3.05) is 0 Å². The lowest BCUT2D eigenvalue weighted by molar-refractivity contribution is 0.587. The minimum atomic E-state index is -3.57. The maximum Gasteiger partial charge on any atom is 0.261 e. The van der Waals surface area contributed by atoms with Crippen LogP contribution in [-0.2, 0) is 20.0 Å². The Morgan fingerprint density at radius 3 is 1.75 bits per heavy atom. The fourth-order valence-electron chi connectivity index (χ4n) is 3.26. The van der Waals surface area contributed by atoms with E-state index in [0.29, 0.717) is 12.1 Å². The molecule has 0 saturated carbocycles. The minimum Gasteiger partial charge on any atom is -0.283 e. The first kappa shape index (κ1) is 23.6. The summed E-state index contributed by atoms with van der Waals surface area (Å²) in [5.74, 6) is -0.297. The van der Waals surface area contributed by atoms with Gasteiger partial charge in [-0.05, 0) is 66.8 Å². The highest BCUT2D eigenvalue weighted by atomic mass is 32.2. The Kier molecular flexibility index (Phi) is 7.44. The number of hydrogen-bond donors (Lipinski definition) is 2. The molecule has 168 valence electrons. The maximum atomic E-state index is 13.0. The largest absolute Gasteiger partial charge is 0.283 e. The Balaban J connectivity index is 0.000000243. The fraction of sp³-hybridized carbons (Fsp3) is 0.130. The zero-order chi connectivity index (χ0) is 23.2. The van der Waals surface area contributed by atoms with Crippen LogP contribution in [0, 0.1) is 5.82 Å². The summed E-state index contributed by atoms with van der Waals surface area (Å²) in [6.07, 6.45) is 2.36. The lowest BCUT2D eigenvalue weighted by Crippen LogP contribution is -2.23. The van der Waals surface area contributed by atoms with E-state index in [1.54, 1.807) is 60.7 Å². The Labute approximate surface area is 187 Å². The predicted molar refractivity (Wildman–Crippen MR) is 122 cm³/mol. The van der Waals surface area contributed by atoms with Gasteiger partial charge in [0.25, 0.3) is 10.0 Å². The van der Waals surface area contributed by atoms with Crippen LogP contribution >= 0.6 is 0 Å². The van der Waals surface area contributed by atoms with Crippen molar-refractivity contribution in [3.8, 4) is 0 Å². The van der Waals surface area contributed by atoms with Crippen LogP contribution in [0.5, 0.6) is 0 Å². The molecular weight excluding hydrogens is 451 g/mol. The van der Waals surface area contributed by atoms with E-state index in [-0.39, 0.29) is 15.6 Å². The summed E-state index contributed by atoms with van der Waals surface area (Å²) in [7, 11) is -7.08. The highest BCUT2D eigenvalue weighted by molar-refractivity contribution is 7.89. The highest BCUT2D eigenvalue weighted by Gasteiger charge is 2.22. The van der Waals surface area contributed by atoms with Gasteiger partial charge in [-0.3, -0.25) is 4.72 Å². The van der Waals surface area contributed by atoms with Gasteiger partial charge in [-0.2, -0.15) is 0 Å². The summed E-state index contributed by atoms with van der Waals surface area (Å²) in [6, 6.07) is 22.3. The molecule has 3 aromatic rings. The van der Waals surface area contributed by atoms with Gasteiger partial charge in [-0.15, -0.1) is 0 Å². The van der Waals surface area contributed by atoms with Gasteiger partial charge in [0, 0.05) is 5.70 Å². The third kappa shape index (κ3) is 6.25. The van der Waals surface area contributed by atoms with Crippen LogP contribution in [-0.4, -0.2) is 16.8 Å². The molecule has 6 nitrogen and oxygen atoms in total. The van der Waals surface area contributed by atoms with Crippen LogP contribution in [0.4, 0.5) is 4.39 Å². The van der Waals surface area contributed by atoms with Crippen molar-refractivity contribution >= 4 is 25.6 Å². The molecule has 0 aliphatic heterocycles. The van der Waals surface area contributed by atoms with Crippen LogP contribution in [0.3, 0.4) is 0 Å². The van der Waals surface area contributed by atoms with E-state index in [4.69, 9.17) is 5.14 Å². The predicted octanol–water partition coefficient (Wildman–Crippen LogP) is 4.03. The van der Waals surface area contributed by atoms with Crippen molar-refractivity contribution in [2.24, 2.45) is 5.14 Å². The maximum absolute atomic E-state index is 13.0. The molecule has 1 aliphatic carbocycles. The lowest BCUT2D eigenvalue weighted by atomic mass is 10.1. The number of sulfonamides is 2. The normalized spacial score (nSPS) is 13.9. The van der Waals surface area contributed by atoms with Gasteiger partial charge < -0.3 is 0 Å². The van der Waals surface area contributed by atoms with E-state index >= 15 is 0 Å². The molecule has 0 bridgehead atoms. The first-order valence-corrected chi connectivity index (χ1v) is 12.8. The van der Waals surface area contributed by atoms with E-state index < -0.39 is 20.0 Å². The quantitative estimate of drug-likeness (QED) is 0.582. The van der Waals surface area contributed by atoms with E-state index in [1.165, 1.54) is 24.3 Å². The average molecular weight is 475 g/mol. The number of nitrogens with one attached hydrogen (secondary N) is 1. The van der Waals surface area contributed by atoms with Gasteiger partial charge in [0.1, 0.15) is 5.82 Å². The third-order valence-electron chi connectivity index (χ3n) is 4.79. The molecule has 3 N–H and O–H groups in total. The number of benzene rings is 3. The van der Waals surface area contributed by atoms with Crippen LogP contribution < -0.4 is 9.86 Å². The topological polar surface area (TPSA) is 106 Å². The number of rotatable bonds is 5. The second kappa shape index (κ2) is 10.1. The SMILES string of the molecule is NS(=O)(=O)c1ccccc1.O=S(=O)(NC1=C(c2ccc(F)cc2)CCC1)c1ccccc1. The summed E-state index contributed by atoms with van der Waals surface area (Å²) < 4.78 is 61.8. The smallest absolute Gasteiger partial charge is 0.261 e. The molecule has 0 radical (unpaired) electrons. The second-order valence-corrected chi connectivity index (χ2v) is 10.3. The van der Waals surface area contributed by atoms with Crippen molar-refractivity contribution in [3.63, 3.8) is 0 Å². The number of hydrogen-bond acceptors (Lipinski definition) is 4. The fourth-order valence-corrected chi connectivity index (χ4v) is 4.98. The van der Waals surface area contributed by atoms with Gasteiger partial charge in [0.15, 0.2) is 0 Å². The van der Waals surface area contributed by atoms with Gasteiger partial charge in [-0.1, -0.05) is 48.5 Å². The Hall–Kier alpha value is -3.01. The summed E-state index contributed by atoms with van der Waals surface area (Å²) in [4.78, 5) is 0.392. The van der Waals surface area contributed by atoms with Gasteiger partial charge in [0.05, 0.1) is 9.79 Å². The molecule has 9 heteroatoms. The summed E-state index contributed by atoms with van der Waals surface area (Å²) in [5.41, 5.74) is 2.51. The van der Waals surface area contributed by atoms with Crippen LogP contribution in [0.2, 0.25) is 0 Å². The first-order chi connectivity index (χ1) is 15.2. The average Bonchev–Trinajstić information content (AvgIpc) is 3.23. The summed E-state index contributed by atoms with van der Waals surface area (Å²) in [6.45, 7) is 0. The molecule has 4 rings (SSSR count). The van der Waals surface area contributed by atoms with E-state index in [1.807, 2.05) is 0 Å². The van der Waals surface area contributed by atoms with Crippen molar-refractivity contribution < 1.29 is 21.2 Å². The molecule has 0 spiro atoms. The van der Waals surface area contributed by atoms with Crippen molar-refractivity contribution in [3.05, 3.63) is 102 Å². The molecule has 0 atom stereocenters. The standard InChI is InChI=1S/C17H16FNO2S.C6H7NO2S/c18-14-11-9-13(10-12-14)16-7-4-8-17(16)19-22(20,21)15-5-2-1-3-6-15;7-10(8,9)6-4-2-1-3-5-6/h1-3,5-6,9-12,19H,4,7-8H2;1-5H,(H2,7,8,9). The van der Waals surface area contributed by atoms with Gasteiger partial charge in [0.2, 0.25) is 10.0 Å². The summed E-state index contributed by atoms with van der Waals surface area (Å²) in [5, 5.41) is 4.83. The zero-order valence-corrected chi connectivity index (χ0v) is 18.7. The molecule has 0 fully saturated rings. The van der Waals surface area contributed by atoms with Crippen LogP contribution in [0.25, 0.3) is 5.57 Å². The van der Waals surface area contributed by atoms with Crippen molar-refractivity contribution in [1.82, 2.24) is 4.72 Å². The second-order valence-electron chi connectivity index (χ2n) is 7.09.